The number of thiophene rings is 1. The van der Waals surface area contributed by atoms with Crippen LogP contribution in [0.25, 0.3) is 10.2 Å². The lowest BCUT2D eigenvalue weighted by atomic mass is 9.92. The van der Waals surface area contributed by atoms with E-state index in [2.05, 4.69) is 24.1 Å². The molecule has 1 N–H and O–H groups in total. The van der Waals surface area contributed by atoms with Crippen molar-refractivity contribution < 1.29 is 4.79 Å². The lowest BCUT2D eigenvalue weighted by molar-refractivity contribution is 0.0951. The standard InChI is InChI=1S/C23H34N4O2S/c1-15-12-16(2)14-26(13-15)10-7-9-24-21(28)20-17(3)19-22(30-20)25-18-8-5-4-6-11-27(18)23(19)29/h15-16H,4-14H2,1-3H3,(H,24,28)/t15-,16+. The molecule has 7 heteroatoms. The molecule has 0 aromatic carbocycles. The Hall–Kier alpha value is -1.73. The Kier molecular flexibility index (Phi) is 6.58. The van der Waals surface area contributed by atoms with Gasteiger partial charge >= 0.3 is 0 Å². The molecule has 30 heavy (non-hydrogen) atoms. The second-order valence-electron chi connectivity index (χ2n) is 9.35. The summed E-state index contributed by atoms with van der Waals surface area (Å²) in [6, 6.07) is 0. The van der Waals surface area contributed by atoms with Gasteiger partial charge in [-0.1, -0.05) is 20.3 Å². The minimum absolute atomic E-state index is 0.0260. The van der Waals surface area contributed by atoms with Gasteiger partial charge in [-0.3, -0.25) is 14.2 Å². The lowest BCUT2D eigenvalue weighted by Crippen LogP contribution is -2.40. The average molecular weight is 431 g/mol. The third-order valence-electron chi connectivity index (χ3n) is 6.50. The van der Waals surface area contributed by atoms with Crippen LogP contribution in [0.1, 0.15) is 67.0 Å². The van der Waals surface area contributed by atoms with Crippen molar-refractivity contribution in [3.05, 3.63) is 26.6 Å². The maximum Gasteiger partial charge on any atom is 0.262 e. The number of aryl methyl sites for hydroxylation is 2. The third-order valence-corrected chi connectivity index (χ3v) is 7.68. The van der Waals surface area contributed by atoms with E-state index < -0.39 is 0 Å². The molecule has 2 aliphatic heterocycles. The summed E-state index contributed by atoms with van der Waals surface area (Å²) in [7, 11) is 0. The number of likely N-dealkylation sites (tertiary alicyclic amines) is 1. The van der Waals surface area contributed by atoms with Gasteiger partial charge in [0, 0.05) is 32.6 Å². The summed E-state index contributed by atoms with van der Waals surface area (Å²) in [5.74, 6) is 2.32. The molecule has 1 amide bonds. The van der Waals surface area contributed by atoms with Crippen molar-refractivity contribution in [3.8, 4) is 0 Å². The quantitative estimate of drug-likeness (QED) is 0.736. The van der Waals surface area contributed by atoms with Gasteiger partial charge in [-0.25, -0.2) is 4.98 Å². The highest BCUT2D eigenvalue weighted by atomic mass is 32.1. The molecule has 2 aromatic heterocycles. The molecule has 164 valence electrons. The number of rotatable bonds is 5. The van der Waals surface area contributed by atoms with Crippen molar-refractivity contribution in [2.24, 2.45) is 11.8 Å². The van der Waals surface area contributed by atoms with Gasteiger partial charge in [0.05, 0.1) is 10.3 Å². The first-order valence-electron chi connectivity index (χ1n) is 11.5. The Morgan fingerprint density at radius 2 is 1.97 bits per heavy atom. The Labute approximate surface area is 182 Å². The smallest absolute Gasteiger partial charge is 0.262 e. The van der Waals surface area contributed by atoms with Crippen LogP contribution in [0.3, 0.4) is 0 Å². The van der Waals surface area contributed by atoms with E-state index in [1.54, 1.807) is 0 Å². The molecule has 0 spiro atoms. The minimum Gasteiger partial charge on any atom is -0.351 e. The van der Waals surface area contributed by atoms with Gasteiger partial charge in [0.1, 0.15) is 10.7 Å². The minimum atomic E-state index is -0.0736. The molecule has 0 radical (unpaired) electrons. The van der Waals surface area contributed by atoms with Crippen molar-refractivity contribution >= 4 is 27.5 Å². The number of hydrogen-bond acceptors (Lipinski definition) is 5. The van der Waals surface area contributed by atoms with Crippen molar-refractivity contribution in [1.29, 1.82) is 0 Å². The molecule has 2 atom stereocenters. The zero-order valence-corrected chi connectivity index (χ0v) is 19.3. The highest BCUT2D eigenvalue weighted by Gasteiger charge is 2.23. The summed E-state index contributed by atoms with van der Waals surface area (Å²) in [6.45, 7) is 11.3. The van der Waals surface area contributed by atoms with E-state index in [0.29, 0.717) is 21.6 Å². The van der Waals surface area contributed by atoms with Gasteiger partial charge < -0.3 is 10.2 Å². The van der Waals surface area contributed by atoms with Crippen LogP contribution in [0, 0.1) is 18.8 Å². The molecule has 6 nitrogen and oxygen atoms in total. The molecular weight excluding hydrogens is 396 g/mol. The fourth-order valence-corrected chi connectivity index (χ4v) is 6.29. The second-order valence-corrected chi connectivity index (χ2v) is 10.3. The average Bonchev–Trinajstić information content (AvgIpc) is 2.86. The predicted octanol–water partition coefficient (Wildman–Crippen LogP) is 3.59. The predicted molar refractivity (Wildman–Crippen MR) is 123 cm³/mol. The fraction of sp³-hybridized carbons (Fsp3) is 0.696. The third kappa shape index (κ3) is 4.47. The van der Waals surface area contributed by atoms with Crippen LogP contribution in [-0.2, 0) is 13.0 Å². The van der Waals surface area contributed by atoms with E-state index in [9.17, 15) is 9.59 Å². The monoisotopic (exact) mass is 430 g/mol. The van der Waals surface area contributed by atoms with Gasteiger partial charge in [0.15, 0.2) is 0 Å². The zero-order chi connectivity index (χ0) is 21.3. The summed E-state index contributed by atoms with van der Waals surface area (Å²) in [5, 5.41) is 3.70. The van der Waals surface area contributed by atoms with Crippen molar-refractivity contribution in [3.63, 3.8) is 0 Å². The number of aromatic nitrogens is 2. The van der Waals surface area contributed by atoms with Crippen molar-refractivity contribution in [1.82, 2.24) is 19.8 Å². The van der Waals surface area contributed by atoms with Crippen LogP contribution in [0.5, 0.6) is 0 Å². The largest absolute Gasteiger partial charge is 0.351 e. The number of nitrogens with one attached hydrogen (secondary N) is 1. The number of piperidine rings is 1. The molecule has 0 bridgehead atoms. The van der Waals surface area contributed by atoms with Gasteiger partial charge in [-0.15, -0.1) is 11.3 Å². The van der Waals surface area contributed by atoms with Crippen LogP contribution >= 0.6 is 11.3 Å². The van der Waals surface area contributed by atoms with Crippen LogP contribution in [0.2, 0.25) is 0 Å². The van der Waals surface area contributed by atoms with Crippen LogP contribution in [-0.4, -0.2) is 46.5 Å². The Morgan fingerprint density at radius 1 is 1.20 bits per heavy atom. The summed E-state index contributed by atoms with van der Waals surface area (Å²) in [5.41, 5.74) is 0.807. The number of carbonyl (C=O) groups is 1. The first-order chi connectivity index (χ1) is 14.4. The molecule has 4 heterocycles. The number of amides is 1. The molecule has 0 unspecified atom stereocenters. The lowest BCUT2D eigenvalue weighted by Gasteiger charge is -2.34. The van der Waals surface area contributed by atoms with E-state index in [4.69, 9.17) is 4.98 Å². The zero-order valence-electron chi connectivity index (χ0n) is 18.5. The molecule has 4 rings (SSSR count). The highest BCUT2D eigenvalue weighted by Crippen LogP contribution is 2.28. The number of carbonyl (C=O) groups excluding carboxylic acids is 1. The van der Waals surface area contributed by atoms with E-state index >= 15 is 0 Å². The Balaban J connectivity index is 1.42. The SMILES string of the molecule is Cc1c(C(=O)NCCCN2C[C@H](C)C[C@H](C)C2)sc2nc3n(c(=O)c12)CCCCC3. The Bertz CT molecular complexity index is 970. The van der Waals surface area contributed by atoms with Crippen LogP contribution in [0.4, 0.5) is 0 Å². The molecule has 2 aliphatic rings. The maximum absolute atomic E-state index is 13.1. The second kappa shape index (κ2) is 9.18. The van der Waals surface area contributed by atoms with E-state index in [1.807, 2.05) is 11.5 Å². The fourth-order valence-electron chi connectivity index (χ4n) is 5.19. The topological polar surface area (TPSA) is 67.2 Å². The van der Waals surface area contributed by atoms with Crippen molar-refractivity contribution in [2.45, 2.75) is 65.8 Å². The first kappa shape index (κ1) is 21.5. The molecular formula is C23H34N4O2S. The van der Waals surface area contributed by atoms with Gasteiger partial charge in [-0.2, -0.15) is 0 Å². The number of nitrogens with zero attached hydrogens (tertiary/aromatic N) is 3. The highest BCUT2D eigenvalue weighted by molar-refractivity contribution is 7.20. The van der Waals surface area contributed by atoms with Gasteiger partial charge in [0.2, 0.25) is 0 Å². The molecule has 0 aliphatic carbocycles. The Morgan fingerprint density at radius 3 is 2.73 bits per heavy atom. The summed E-state index contributed by atoms with van der Waals surface area (Å²) < 4.78 is 1.83. The molecule has 1 saturated heterocycles. The number of fused-ring (bicyclic) bond motifs is 2. The first-order valence-corrected chi connectivity index (χ1v) is 12.3. The number of hydrogen-bond donors (Lipinski definition) is 1. The van der Waals surface area contributed by atoms with E-state index in [1.165, 1.54) is 17.8 Å². The molecule has 1 fully saturated rings. The van der Waals surface area contributed by atoms with Gasteiger partial charge in [-0.05, 0) is 56.6 Å². The van der Waals surface area contributed by atoms with Crippen molar-refractivity contribution in [2.75, 3.05) is 26.2 Å². The molecule has 0 saturated carbocycles. The summed E-state index contributed by atoms with van der Waals surface area (Å²) >= 11 is 1.37. The van der Waals surface area contributed by atoms with Crippen LogP contribution < -0.4 is 10.9 Å². The normalized spacial score (nSPS) is 22.6. The van der Waals surface area contributed by atoms with Crippen LogP contribution in [0.15, 0.2) is 4.79 Å². The maximum atomic E-state index is 13.1. The molecule has 2 aromatic rings. The summed E-state index contributed by atoms with van der Waals surface area (Å²) in [6.07, 6.45) is 6.34. The van der Waals surface area contributed by atoms with Gasteiger partial charge in [0.25, 0.3) is 11.5 Å². The summed E-state index contributed by atoms with van der Waals surface area (Å²) in [4.78, 5) is 34.5. The van der Waals surface area contributed by atoms with E-state index in [0.717, 1.165) is 81.5 Å². The van der Waals surface area contributed by atoms with E-state index in [-0.39, 0.29) is 11.5 Å².